The first kappa shape index (κ1) is 17.3. The Morgan fingerprint density at radius 1 is 1.20 bits per heavy atom. The van der Waals surface area contributed by atoms with Gasteiger partial charge in [0.2, 0.25) is 5.91 Å². The molecule has 7 heteroatoms. The van der Waals surface area contributed by atoms with Gasteiger partial charge in [-0.1, -0.05) is 23.7 Å². The second kappa shape index (κ2) is 8.00. The van der Waals surface area contributed by atoms with Crippen molar-refractivity contribution in [1.82, 2.24) is 14.9 Å². The van der Waals surface area contributed by atoms with Crippen LogP contribution in [0.3, 0.4) is 0 Å². The summed E-state index contributed by atoms with van der Waals surface area (Å²) in [6.07, 6.45) is 0. The van der Waals surface area contributed by atoms with Gasteiger partial charge in [0.05, 0.1) is 17.6 Å². The molecule has 0 atom stereocenters. The monoisotopic (exact) mass is 359 g/mol. The lowest BCUT2D eigenvalue weighted by atomic mass is 10.3. The van der Waals surface area contributed by atoms with E-state index in [0.717, 1.165) is 11.0 Å². The van der Waals surface area contributed by atoms with Gasteiger partial charge < -0.3 is 19.7 Å². The van der Waals surface area contributed by atoms with Gasteiger partial charge in [-0.3, -0.25) is 4.79 Å². The molecule has 25 heavy (non-hydrogen) atoms. The second-order valence-corrected chi connectivity index (χ2v) is 5.86. The number of benzene rings is 2. The minimum Gasteiger partial charge on any atom is -0.486 e. The SMILES string of the molecule is O=C(Cn1c(COc2ccc(Cl)cc2)nc2ccccc21)NCCO. The van der Waals surface area contributed by atoms with E-state index in [4.69, 9.17) is 21.4 Å². The maximum Gasteiger partial charge on any atom is 0.240 e. The van der Waals surface area contributed by atoms with E-state index < -0.39 is 0 Å². The van der Waals surface area contributed by atoms with Crippen LogP contribution in [0, 0.1) is 0 Å². The summed E-state index contributed by atoms with van der Waals surface area (Å²) in [5, 5.41) is 12.1. The number of carbonyl (C=O) groups is 1. The molecule has 0 spiro atoms. The molecular weight excluding hydrogens is 342 g/mol. The number of nitrogens with one attached hydrogen (secondary N) is 1. The molecule has 6 nitrogen and oxygen atoms in total. The molecule has 0 radical (unpaired) electrons. The number of fused-ring (bicyclic) bond motifs is 1. The zero-order valence-corrected chi connectivity index (χ0v) is 14.2. The van der Waals surface area contributed by atoms with Crippen molar-refractivity contribution < 1.29 is 14.6 Å². The fraction of sp³-hybridized carbons (Fsp3) is 0.222. The van der Waals surface area contributed by atoms with E-state index in [9.17, 15) is 4.79 Å². The van der Waals surface area contributed by atoms with E-state index in [0.29, 0.717) is 16.6 Å². The van der Waals surface area contributed by atoms with Crippen LogP contribution in [0.15, 0.2) is 48.5 Å². The van der Waals surface area contributed by atoms with E-state index in [1.807, 2.05) is 28.8 Å². The number of nitrogens with zero attached hydrogens (tertiary/aromatic N) is 2. The number of halogens is 1. The molecule has 0 fully saturated rings. The number of rotatable bonds is 7. The largest absolute Gasteiger partial charge is 0.486 e. The molecule has 0 unspecified atom stereocenters. The molecule has 0 saturated heterocycles. The van der Waals surface area contributed by atoms with Crippen LogP contribution in [0.1, 0.15) is 5.82 Å². The Morgan fingerprint density at radius 2 is 1.96 bits per heavy atom. The van der Waals surface area contributed by atoms with Gasteiger partial charge in [0.1, 0.15) is 24.7 Å². The number of carbonyl (C=O) groups excluding carboxylic acids is 1. The highest BCUT2D eigenvalue weighted by Gasteiger charge is 2.14. The normalized spacial score (nSPS) is 10.8. The smallest absolute Gasteiger partial charge is 0.240 e. The molecule has 2 N–H and O–H groups in total. The summed E-state index contributed by atoms with van der Waals surface area (Å²) in [5.41, 5.74) is 1.66. The Hall–Kier alpha value is -2.57. The second-order valence-electron chi connectivity index (χ2n) is 5.42. The van der Waals surface area contributed by atoms with E-state index in [-0.39, 0.29) is 32.2 Å². The van der Waals surface area contributed by atoms with Crippen LogP contribution >= 0.6 is 11.6 Å². The first-order valence-electron chi connectivity index (χ1n) is 7.87. The van der Waals surface area contributed by atoms with Gasteiger partial charge in [-0.25, -0.2) is 4.98 Å². The summed E-state index contributed by atoms with van der Waals surface area (Å²) >= 11 is 5.87. The molecular formula is C18H18ClN3O3. The first-order valence-corrected chi connectivity index (χ1v) is 8.25. The maximum absolute atomic E-state index is 12.1. The summed E-state index contributed by atoms with van der Waals surface area (Å²) in [4.78, 5) is 16.6. The predicted octanol–water partition coefficient (Wildman–Crippen LogP) is 2.38. The number of hydrogen-bond acceptors (Lipinski definition) is 4. The van der Waals surface area contributed by atoms with Crippen LogP contribution in [0.4, 0.5) is 0 Å². The molecule has 1 heterocycles. The molecule has 0 aliphatic carbocycles. The van der Waals surface area contributed by atoms with Gasteiger partial charge in [-0.15, -0.1) is 0 Å². The van der Waals surface area contributed by atoms with Gasteiger partial charge in [-0.2, -0.15) is 0 Å². The third kappa shape index (κ3) is 4.29. The fourth-order valence-electron chi connectivity index (χ4n) is 2.49. The van der Waals surface area contributed by atoms with Crippen molar-refractivity contribution >= 4 is 28.5 Å². The lowest BCUT2D eigenvalue weighted by Crippen LogP contribution is -2.30. The van der Waals surface area contributed by atoms with E-state index >= 15 is 0 Å². The van der Waals surface area contributed by atoms with Crippen LogP contribution in [0.25, 0.3) is 11.0 Å². The van der Waals surface area contributed by atoms with Crippen molar-refractivity contribution in [3.05, 3.63) is 59.4 Å². The van der Waals surface area contributed by atoms with E-state index in [1.165, 1.54) is 0 Å². The van der Waals surface area contributed by atoms with Crippen molar-refractivity contribution in [2.24, 2.45) is 0 Å². The number of hydrogen-bond donors (Lipinski definition) is 2. The summed E-state index contributed by atoms with van der Waals surface area (Å²) in [5.74, 6) is 1.13. The molecule has 0 bridgehead atoms. The predicted molar refractivity (Wildman–Crippen MR) is 95.6 cm³/mol. The summed E-state index contributed by atoms with van der Waals surface area (Å²) < 4.78 is 7.58. The highest BCUT2D eigenvalue weighted by Crippen LogP contribution is 2.19. The van der Waals surface area contributed by atoms with Crippen LogP contribution in [-0.2, 0) is 17.9 Å². The Kier molecular flexibility index (Phi) is 5.53. The van der Waals surface area contributed by atoms with Crippen LogP contribution < -0.4 is 10.1 Å². The van der Waals surface area contributed by atoms with Crippen molar-refractivity contribution in [1.29, 1.82) is 0 Å². The quantitative estimate of drug-likeness (QED) is 0.679. The zero-order valence-electron chi connectivity index (χ0n) is 13.5. The Morgan fingerprint density at radius 3 is 2.72 bits per heavy atom. The molecule has 0 aliphatic rings. The van der Waals surface area contributed by atoms with E-state index in [1.54, 1.807) is 24.3 Å². The van der Waals surface area contributed by atoms with Gasteiger partial charge >= 0.3 is 0 Å². The third-order valence-corrected chi connectivity index (χ3v) is 3.90. The lowest BCUT2D eigenvalue weighted by Gasteiger charge is -2.10. The maximum atomic E-state index is 12.1. The van der Waals surface area contributed by atoms with Gasteiger partial charge in [0.25, 0.3) is 0 Å². The standard InChI is InChI=1S/C18H18ClN3O3/c19-13-5-7-14(8-6-13)25-12-17-21-15-3-1-2-4-16(15)22(17)11-18(24)20-9-10-23/h1-8,23H,9-12H2,(H,20,24). The van der Waals surface area contributed by atoms with Crippen molar-refractivity contribution in [3.63, 3.8) is 0 Å². The highest BCUT2D eigenvalue weighted by molar-refractivity contribution is 6.30. The molecule has 1 amide bonds. The van der Waals surface area contributed by atoms with Gasteiger partial charge in [-0.05, 0) is 36.4 Å². The third-order valence-electron chi connectivity index (χ3n) is 3.65. The summed E-state index contributed by atoms with van der Waals surface area (Å²) in [7, 11) is 0. The average Bonchev–Trinajstić information content (AvgIpc) is 2.97. The molecule has 0 saturated carbocycles. The zero-order chi connectivity index (χ0) is 17.6. The number of amides is 1. The van der Waals surface area contributed by atoms with Crippen LogP contribution in [0.2, 0.25) is 5.02 Å². The van der Waals surface area contributed by atoms with E-state index in [2.05, 4.69) is 10.3 Å². The molecule has 3 aromatic rings. The Bertz CT molecular complexity index is 862. The van der Waals surface area contributed by atoms with Crippen LogP contribution in [0.5, 0.6) is 5.75 Å². The summed E-state index contributed by atoms with van der Waals surface area (Å²) in [6, 6.07) is 14.7. The molecule has 1 aromatic heterocycles. The van der Waals surface area contributed by atoms with Crippen molar-refractivity contribution in [3.8, 4) is 5.75 Å². The van der Waals surface area contributed by atoms with Gasteiger partial charge in [0, 0.05) is 11.6 Å². The molecule has 130 valence electrons. The Labute approximate surface area is 150 Å². The molecule has 0 aliphatic heterocycles. The number of para-hydroxylation sites is 2. The highest BCUT2D eigenvalue weighted by atomic mass is 35.5. The van der Waals surface area contributed by atoms with Crippen molar-refractivity contribution in [2.75, 3.05) is 13.2 Å². The minimum absolute atomic E-state index is 0.0943. The molecule has 3 rings (SSSR count). The number of ether oxygens (including phenoxy) is 1. The number of aromatic nitrogens is 2. The topological polar surface area (TPSA) is 76.4 Å². The first-order chi connectivity index (χ1) is 12.2. The number of imidazole rings is 1. The van der Waals surface area contributed by atoms with Crippen molar-refractivity contribution in [2.45, 2.75) is 13.2 Å². The molecule has 2 aromatic carbocycles. The summed E-state index contributed by atoms with van der Waals surface area (Å²) in [6.45, 7) is 0.467. The Balaban J connectivity index is 1.81. The fourth-order valence-corrected chi connectivity index (χ4v) is 2.61. The number of aliphatic hydroxyl groups is 1. The lowest BCUT2D eigenvalue weighted by molar-refractivity contribution is -0.121. The average molecular weight is 360 g/mol. The minimum atomic E-state index is -0.190. The number of aliphatic hydroxyl groups excluding tert-OH is 1. The van der Waals surface area contributed by atoms with Crippen LogP contribution in [-0.4, -0.2) is 33.7 Å². The van der Waals surface area contributed by atoms with Gasteiger partial charge in [0.15, 0.2) is 0 Å².